The molecule has 28 heavy (non-hydrogen) atoms. The van der Waals surface area contributed by atoms with Gasteiger partial charge in [-0.3, -0.25) is 9.98 Å². The average molecular weight is 398 g/mol. The van der Waals surface area contributed by atoms with E-state index in [0.29, 0.717) is 23.7 Å². The minimum Gasteiger partial charge on any atom is -0.310 e. The highest BCUT2D eigenvalue weighted by Crippen LogP contribution is 2.17. The summed E-state index contributed by atoms with van der Waals surface area (Å²) in [6, 6.07) is 15.9. The standard InChI is InChI=1S/C20H22ClN3.C4H10/c1-14-6-4-5-7-19(14)20(16-8-10-17(21)11-9-16)24-13-18(23-3)12-15(2)22;1-4(2)3/h4-11,22H,12-13H2,1-3H3;4H,1-3H3. The van der Waals surface area contributed by atoms with Crippen molar-refractivity contribution in [2.24, 2.45) is 15.9 Å². The maximum Gasteiger partial charge on any atom is 0.0779 e. The molecule has 0 unspecified atom stereocenters. The van der Waals surface area contributed by atoms with Crippen molar-refractivity contribution in [2.75, 3.05) is 13.6 Å². The van der Waals surface area contributed by atoms with E-state index in [2.05, 4.69) is 44.8 Å². The Labute approximate surface area is 175 Å². The number of rotatable bonds is 6. The summed E-state index contributed by atoms with van der Waals surface area (Å²) in [4.78, 5) is 9.10. The van der Waals surface area contributed by atoms with Gasteiger partial charge in [0.15, 0.2) is 0 Å². The van der Waals surface area contributed by atoms with Gasteiger partial charge in [0.1, 0.15) is 0 Å². The van der Waals surface area contributed by atoms with E-state index in [1.54, 1.807) is 14.0 Å². The van der Waals surface area contributed by atoms with E-state index in [1.165, 1.54) is 5.56 Å². The number of hydrogen-bond acceptors (Lipinski definition) is 3. The van der Waals surface area contributed by atoms with Gasteiger partial charge in [0, 0.05) is 41.0 Å². The molecule has 1 N–H and O–H groups in total. The molecule has 0 aromatic heterocycles. The molecule has 0 heterocycles. The second kappa shape index (κ2) is 12.2. The second-order valence-corrected chi connectivity index (χ2v) is 7.90. The molecule has 0 saturated heterocycles. The van der Waals surface area contributed by atoms with E-state index in [9.17, 15) is 0 Å². The fraction of sp³-hybridized carbons (Fsp3) is 0.375. The van der Waals surface area contributed by atoms with Crippen LogP contribution in [0.3, 0.4) is 0 Å². The summed E-state index contributed by atoms with van der Waals surface area (Å²) in [5, 5.41) is 8.36. The van der Waals surface area contributed by atoms with Gasteiger partial charge < -0.3 is 5.41 Å². The molecule has 0 radical (unpaired) electrons. The van der Waals surface area contributed by atoms with E-state index in [0.717, 1.165) is 28.5 Å². The van der Waals surface area contributed by atoms with Crippen LogP contribution in [0.5, 0.6) is 0 Å². The molecule has 2 aromatic carbocycles. The lowest BCUT2D eigenvalue weighted by molar-refractivity contribution is 0.737. The first-order valence-electron chi connectivity index (χ1n) is 9.59. The lowest BCUT2D eigenvalue weighted by Gasteiger charge is -2.11. The topological polar surface area (TPSA) is 48.6 Å². The molecule has 2 rings (SSSR count). The zero-order valence-electron chi connectivity index (χ0n) is 17.9. The van der Waals surface area contributed by atoms with Crippen molar-refractivity contribution in [3.8, 4) is 0 Å². The molecule has 0 bridgehead atoms. The van der Waals surface area contributed by atoms with Crippen LogP contribution in [0.1, 0.15) is 50.8 Å². The monoisotopic (exact) mass is 397 g/mol. The van der Waals surface area contributed by atoms with Crippen molar-refractivity contribution < 1.29 is 0 Å². The first kappa shape index (κ1) is 23.8. The van der Waals surface area contributed by atoms with Crippen molar-refractivity contribution in [2.45, 2.75) is 41.0 Å². The number of benzene rings is 2. The molecular weight excluding hydrogens is 366 g/mol. The van der Waals surface area contributed by atoms with Crippen LogP contribution in [0, 0.1) is 18.3 Å². The first-order valence-corrected chi connectivity index (χ1v) is 9.97. The summed E-state index contributed by atoms with van der Waals surface area (Å²) in [7, 11) is 1.75. The Balaban J connectivity index is 0.000000892. The predicted molar refractivity (Wildman–Crippen MR) is 125 cm³/mol. The minimum absolute atomic E-state index is 0.485. The molecule has 0 fully saturated rings. The Hall–Kier alpha value is -2.26. The molecule has 0 spiro atoms. The summed E-state index contributed by atoms with van der Waals surface area (Å²) in [6.45, 7) is 10.9. The van der Waals surface area contributed by atoms with Gasteiger partial charge in [0.2, 0.25) is 0 Å². The van der Waals surface area contributed by atoms with Gasteiger partial charge in [-0.1, -0.05) is 68.8 Å². The van der Waals surface area contributed by atoms with Crippen molar-refractivity contribution >= 4 is 28.7 Å². The molecule has 0 saturated carbocycles. The Bertz CT molecular complexity index is 815. The lowest BCUT2D eigenvalue weighted by atomic mass is 9.98. The van der Waals surface area contributed by atoms with Crippen LogP contribution >= 0.6 is 11.6 Å². The highest BCUT2D eigenvalue weighted by molar-refractivity contribution is 6.30. The number of aliphatic imine (C=N–C) groups is 2. The average Bonchev–Trinajstić information content (AvgIpc) is 2.62. The molecule has 4 heteroatoms. The van der Waals surface area contributed by atoms with E-state index in [1.807, 2.05) is 36.4 Å². The van der Waals surface area contributed by atoms with Gasteiger partial charge in [-0.15, -0.1) is 0 Å². The molecule has 2 aromatic rings. The molecular formula is C24H32ClN3. The van der Waals surface area contributed by atoms with Crippen molar-refractivity contribution in [1.29, 1.82) is 5.41 Å². The molecule has 0 aliphatic carbocycles. The lowest BCUT2D eigenvalue weighted by Crippen LogP contribution is -2.12. The number of halogens is 1. The normalized spacial score (nSPS) is 11.9. The van der Waals surface area contributed by atoms with Gasteiger partial charge in [0.25, 0.3) is 0 Å². The smallest absolute Gasteiger partial charge is 0.0779 e. The number of nitrogens with zero attached hydrogens (tertiary/aromatic N) is 2. The minimum atomic E-state index is 0.485. The fourth-order valence-corrected chi connectivity index (χ4v) is 2.59. The van der Waals surface area contributed by atoms with Crippen LogP contribution in [0.25, 0.3) is 0 Å². The Morgan fingerprint density at radius 1 is 1.04 bits per heavy atom. The fourth-order valence-electron chi connectivity index (χ4n) is 2.46. The molecule has 0 aliphatic rings. The third-order valence-electron chi connectivity index (χ3n) is 3.72. The molecule has 3 nitrogen and oxygen atoms in total. The largest absolute Gasteiger partial charge is 0.310 e. The molecule has 0 atom stereocenters. The SMILES string of the molecule is CC(C)C.CN=C(CN=C(c1ccc(Cl)cc1)c1ccccc1C)CC(C)=N. The molecule has 150 valence electrons. The first-order chi connectivity index (χ1) is 13.2. The third kappa shape index (κ3) is 8.62. The summed E-state index contributed by atoms with van der Waals surface area (Å²) < 4.78 is 0. The van der Waals surface area contributed by atoms with Crippen LogP contribution in [-0.2, 0) is 0 Å². The Kier molecular flexibility index (Phi) is 10.4. The van der Waals surface area contributed by atoms with Crippen LogP contribution in [-0.4, -0.2) is 30.7 Å². The Morgan fingerprint density at radius 3 is 2.11 bits per heavy atom. The molecule has 0 aliphatic heterocycles. The van der Waals surface area contributed by atoms with Crippen LogP contribution in [0.2, 0.25) is 5.02 Å². The second-order valence-electron chi connectivity index (χ2n) is 7.47. The number of hydrogen-bond donors (Lipinski definition) is 1. The van der Waals surface area contributed by atoms with Crippen molar-refractivity contribution in [3.63, 3.8) is 0 Å². The maximum atomic E-state index is 7.66. The van der Waals surface area contributed by atoms with E-state index < -0.39 is 0 Å². The summed E-state index contributed by atoms with van der Waals surface area (Å²) in [6.07, 6.45) is 0.557. The number of nitrogens with one attached hydrogen (secondary N) is 1. The summed E-state index contributed by atoms with van der Waals surface area (Å²) in [5.41, 5.74) is 5.72. The zero-order valence-corrected chi connectivity index (χ0v) is 18.6. The Morgan fingerprint density at radius 2 is 1.61 bits per heavy atom. The van der Waals surface area contributed by atoms with Gasteiger partial charge in [-0.05, 0) is 37.5 Å². The highest BCUT2D eigenvalue weighted by atomic mass is 35.5. The van der Waals surface area contributed by atoms with Crippen LogP contribution in [0.4, 0.5) is 0 Å². The van der Waals surface area contributed by atoms with Gasteiger partial charge >= 0.3 is 0 Å². The third-order valence-corrected chi connectivity index (χ3v) is 3.97. The van der Waals surface area contributed by atoms with Crippen LogP contribution in [0.15, 0.2) is 58.5 Å². The number of aryl methyl sites for hydroxylation is 1. The predicted octanol–water partition coefficient (Wildman–Crippen LogP) is 6.65. The summed E-state index contributed by atoms with van der Waals surface area (Å²) in [5.74, 6) is 0.833. The molecule has 0 amide bonds. The van der Waals surface area contributed by atoms with E-state index >= 15 is 0 Å². The van der Waals surface area contributed by atoms with Gasteiger partial charge in [0.05, 0.1) is 12.3 Å². The van der Waals surface area contributed by atoms with Crippen molar-refractivity contribution in [1.82, 2.24) is 0 Å². The van der Waals surface area contributed by atoms with Crippen LogP contribution < -0.4 is 0 Å². The zero-order chi connectivity index (χ0) is 21.1. The van der Waals surface area contributed by atoms with Crippen molar-refractivity contribution in [3.05, 3.63) is 70.2 Å². The van der Waals surface area contributed by atoms with Gasteiger partial charge in [-0.25, -0.2) is 0 Å². The highest BCUT2D eigenvalue weighted by Gasteiger charge is 2.10. The van der Waals surface area contributed by atoms with Gasteiger partial charge in [-0.2, -0.15) is 0 Å². The van der Waals surface area contributed by atoms with E-state index in [-0.39, 0.29) is 0 Å². The maximum absolute atomic E-state index is 7.66. The van der Waals surface area contributed by atoms with E-state index in [4.69, 9.17) is 22.0 Å². The summed E-state index contributed by atoms with van der Waals surface area (Å²) >= 11 is 6.02. The quantitative estimate of drug-likeness (QED) is 0.530.